The first kappa shape index (κ1) is 25.0. The van der Waals surface area contributed by atoms with Gasteiger partial charge >= 0.3 is 0 Å². The first-order valence-corrected chi connectivity index (χ1v) is 12.2. The van der Waals surface area contributed by atoms with Crippen molar-refractivity contribution in [2.75, 3.05) is 19.5 Å². The van der Waals surface area contributed by atoms with Crippen LogP contribution in [-0.2, 0) is 11.3 Å². The van der Waals surface area contributed by atoms with Gasteiger partial charge in [-0.25, -0.2) is 4.39 Å². The molecule has 0 aromatic heterocycles. The van der Waals surface area contributed by atoms with Gasteiger partial charge in [0.05, 0.1) is 26.2 Å². The van der Waals surface area contributed by atoms with Crippen LogP contribution in [-0.4, -0.2) is 30.9 Å². The summed E-state index contributed by atoms with van der Waals surface area (Å²) in [5.74, 6) is -0.250. The van der Waals surface area contributed by atoms with E-state index in [4.69, 9.17) is 9.47 Å². The van der Waals surface area contributed by atoms with Gasteiger partial charge < -0.3 is 19.7 Å². The molecule has 4 aromatic rings. The molecule has 0 aliphatic carbocycles. The van der Waals surface area contributed by atoms with Crippen molar-refractivity contribution in [1.82, 2.24) is 4.90 Å². The Labute approximate surface area is 220 Å². The van der Waals surface area contributed by atoms with Crippen LogP contribution in [0.4, 0.5) is 10.1 Å². The van der Waals surface area contributed by atoms with Crippen molar-refractivity contribution in [3.63, 3.8) is 0 Å². The number of benzene rings is 4. The van der Waals surface area contributed by atoms with Crippen molar-refractivity contribution in [1.29, 1.82) is 0 Å². The number of anilines is 1. The number of fused-ring (bicyclic) bond motifs is 1. The van der Waals surface area contributed by atoms with Crippen molar-refractivity contribution in [3.8, 4) is 11.5 Å². The molecule has 0 saturated carbocycles. The van der Waals surface area contributed by atoms with Gasteiger partial charge in [-0.15, -0.1) is 0 Å². The Bertz CT molecular complexity index is 1450. The lowest BCUT2D eigenvalue weighted by Gasteiger charge is -2.42. The molecule has 2 atom stereocenters. The fourth-order valence-corrected chi connectivity index (χ4v) is 4.93. The number of rotatable bonds is 7. The summed E-state index contributed by atoms with van der Waals surface area (Å²) in [6, 6.07) is 27.1. The van der Waals surface area contributed by atoms with Crippen LogP contribution in [0.1, 0.15) is 39.0 Å². The number of amides is 2. The average Bonchev–Trinajstić information content (AvgIpc) is 2.95. The van der Waals surface area contributed by atoms with Gasteiger partial charge in [0.1, 0.15) is 17.3 Å². The van der Waals surface area contributed by atoms with Gasteiger partial charge in [-0.2, -0.15) is 0 Å². The topological polar surface area (TPSA) is 67.9 Å². The third-order valence-electron chi connectivity index (χ3n) is 6.78. The van der Waals surface area contributed by atoms with E-state index in [9.17, 15) is 14.0 Å². The molecule has 1 heterocycles. The molecule has 5 rings (SSSR count). The van der Waals surface area contributed by atoms with Crippen LogP contribution in [0.2, 0.25) is 0 Å². The predicted octanol–water partition coefficient (Wildman–Crippen LogP) is 5.96. The second-order valence-corrected chi connectivity index (χ2v) is 9.06. The number of ether oxygens (including phenoxy) is 2. The minimum absolute atomic E-state index is 0.198. The zero-order valence-electron chi connectivity index (χ0n) is 21.1. The molecular formula is C31H27FN2O4. The van der Waals surface area contributed by atoms with Crippen molar-refractivity contribution in [2.24, 2.45) is 0 Å². The first-order chi connectivity index (χ1) is 18.5. The monoisotopic (exact) mass is 510 g/mol. The number of nitrogens with zero attached hydrogens (tertiary/aromatic N) is 1. The Hall–Kier alpha value is -4.65. The Balaban J connectivity index is 1.62. The predicted molar refractivity (Wildman–Crippen MR) is 143 cm³/mol. The summed E-state index contributed by atoms with van der Waals surface area (Å²) in [7, 11) is 3.15. The molecule has 4 aromatic carbocycles. The van der Waals surface area contributed by atoms with Crippen molar-refractivity contribution >= 4 is 17.5 Å². The molecule has 0 bridgehead atoms. The SMILES string of the molecule is COc1ccc([C@@H]2[C@H](C(=O)Nc3cccc(OC)c3)c3ccccc3C(=O)N2Cc2ccc(F)cc2)cc1. The maximum Gasteiger partial charge on any atom is 0.255 e. The maximum atomic E-state index is 14.0. The zero-order chi connectivity index (χ0) is 26.6. The molecule has 1 aliphatic heterocycles. The van der Waals surface area contributed by atoms with E-state index >= 15 is 0 Å². The molecule has 0 saturated heterocycles. The molecule has 6 nitrogen and oxygen atoms in total. The van der Waals surface area contributed by atoms with E-state index in [-0.39, 0.29) is 24.2 Å². The van der Waals surface area contributed by atoms with E-state index in [1.54, 1.807) is 67.7 Å². The van der Waals surface area contributed by atoms with Crippen molar-refractivity contribution in [2.45, 2.75) is 18.5 Å². The van der Waals surface area contributed by atoms with E-state index < -0.39 is 12.0 Å². The second-order valence-electron chi connectivity index (χ2n) is 9.06. The highest BCUT2D eigenvalue weighted by Crippen LogP contribution is 2.44. The van der Waals surface area contributed by atoms with E-state index in [2.05, 4.69) is 5.32 Å². The van der Waals surface area contributed by atoms with Crippen molar-refractivity contribution < 1.29 is 23.5 Å². The number of carbonyl (C=O) groups excluding carboxylic acids is 2. The maximum absolute atomic E-state index is 14.0. The van der Waals surface area contributed by atoms with Gasteiger partial charge in [0, 0.05) is 23.9 Å². The number of halogens is 1. The van der Waals surface area contributed by atoms with Crippen molar-refractivity contribution in [3.05, 3.63) is 125 Å². The minimum Gasteiger partial charge on any atom is -0.497 e. The lowest BCUT2D eigenvalue weighted by Crippen LogP contribution is -2.45. The minimum atomic E-state index is -0.719. The molecule has 7 heteroatoms. The van der Waals surface area contributed by atoms with Gasteiger partial charge in [-0.05, 0) is 59.2 Å². The summed E-state index contributed by atoms with van der Waals surface area (Å²) in [6.07, 6.45) is 0. The van der Waals surface area contributed by atoms with Gasteiger partial charge in [0.25, 0.3) is 5.91 Å². The number of hydrogen-bond donors (Lipinski definition) is 1. The molecule has 192 valence electrons. The number of methoxy groups -OCH3 is 2. The van der Waals surface area contributed by atoms with Gasteiger partial charge in [-0.1, -0.05) is 48.5 Å². The average molecular weight is 511 g/mol. The van der Waals surface area contributed by atoms with E-state index in [0.29, 0.717) is 28.3 Å². The lowest BCUT2D eigenvalue weighted by molar-refractivity contribution is -0.119. The Kier molecular flexibility index (Phi) is 7.09. The fraction of sp³-hybridized carbons (Fsp3) is 0.161. The highest BCUT2D eigenvalue weighted by Gasteiger charge is 2.44. The van der Waals surface area contributed by atoms with Crippen LogP contribution in [0, 0.1) is 5.82 Å². The van der Waals surface area contributed by atoms with Crippen LogP contribution < -0.4 is 14.8 Å². The van der Waals surface area contributed by atoms with Crippen LogP contribution in [0.25, 0.3) is 0 Å². The lowest BCUT2D eigenvalue weighted by atomic mass is 9.79. The van der Waals surface area contributed by atoms with Crippen LogP contribution in [0.15, 0.2) is 97.1 Å². The summed E-state index contributed by atoms with van der Waals surface area (Å²) < 4.78 is 24.3. The number of carbonyl (C=O) groups is 2. The molecule has 2 amide bonds. The van der Waals surface area contributed by atoms with E-state index in [1.165, 1.54) is 12.1 Å². The molecule has 38 heavy (non-hydrogen) atoms. The Morgan fingerprint density at radius 3 is 2.29 bits per heavy atom. The molecule has 0 unspecified atom stereocenters. The van der Waals surface area contributed by atoms with Crippen LogP contribution in [0.5, 0.6) is 11.5 Å². The summed E-state index contributed by atoms with van der Waals surface area (Å²) in [4.78, 5) is 29.6. The zero-order valence-corrected chi connectivity index (χ0v) is 21.1. The smallest absolute Gasteiger partial charge is 0.255 e. The quantitative estimate of drug-likeness (QED) is 0.333. The molecule has 1 N–H and O–H groups in total. The third kappa shape index (κ3) is 4.95. The van der Waals surface area contributed by atoms with Gasteiger partial charge in [-0.3, -0.25) is 9.59 Å². The number of hydrogen-bond acceptors (Lipinski definition) is 4. The highest BCUT2D eigenvalue weighted by atomic mass is 19.1. The number of nitrogens with one attached hydrogen (secondary N) is 1. The normalized spacial score (nSPS) is 16.5. The largest absolute Gasteiger partial charge is 0.497 e. The van der Waals surface area contributed by atoms with Gasteiger partial charge in [0.2, 0.25) is 5.91 Å². The van der Waals surface area contributed by atoms with Gasteiger partial charge in [0.15, 0.2) is 0 Å². The molecular weight excluding hydrogens is 483 g/mol. The fourth-order valence-electron chi connectivity index (χ4n) is 4.93. The molecule has 0 radical (unpaired) electrons. The molecule has 1 aliphatic rings. The Morgan fingerprint density at radius 1 is 0.868 bits per heavy atom. The van der Waals surface area contributed by atoms with E-state index in [0.717, 1.165) is 11.1 Å². The summed E-state index contributed by atoms with van der Waals surface area (Å²) in [5, 5.41) is 3.03. The standard InChI is InChI=1S/C31H27FN2O4/c1-37-24-16-12-21(13-17-24)29-28(30(35)33-23-6-5-7-25(18-23)38-2)26-8-3-4-9-27(26)31(36)34(29)19-20-10-14-22(32)15-11-20/h3-18,28-29H,19H2,1-2H3,(H,33,35)/t28-,29-/m1/s1. The highest BCUT2D eigenvalue weighted by molar-refractivity contribution is 6.04. The summed E-state index contributed by atoms with van der Waals surface area (Å²) in [5.41, 5.74) is 3.23. The Morgan fingerprint density at radius 2 is 1.58 bits per heavy atom. The molecule has 0 fully saturated rings. The van der Waals surface area contributed by atoms with Crippen LogP contribution >= 0.6 is 0 Å². The van der Waals surface area contributed by atoms with E-state index in [1.807, 2.05) is 36.4 Å². The molecule has 0 spiro atoms. The summed E-state index contributed by atoms with van der Waals surface area (Å²) >= 11 is 0. The third-order valence-corrected chi connectivity index (χ3v) is 6.78. The van der Waals surface area contributed by atoms with Crippen LogP contribution in [0.3, 0.4) is 0 Å². The second kappa shape index (κ2) is 10.8. The summed E-state index contributed by atoms with van der Waals surface area (Å²) in [6.45, 7) is 0.201. The first-order valence-electron chi connectivity index (χ1n) is 12.2.